The van der Waals surface area contributed by atoms with Gasteiger partial charge in [-0.15, -0.1) is 0 Å². The summed E-state index contributed by atoms with van der Waals surface area (Å²) in [5, 5.41) is 0. The Labute approximate surface area is 282 Å². The second-order valence-corrected chi connectivity index (χ2v) is 15.0. The van der Waals surface area contributed by atoms with Crippen LogP contribution in [-0.2, 0) is 11.8 Å². The Hall–Kier alpha value is -4.67. The second kappa shape index (κ2) is 10.4. The van der Waals surface area contributed by atoms with Crippen molar-refractivity contribution in [2.45, 2.75) is 56.1 Å². The van der Waals surface area contributed by atoms with Crippen molar-refractivity contribution < 1.29 is 4.74 Å². The van der Waals surface area contributed by atoms with Crippen LogP contribution < -0.4 is 20.6 Å². The average molecular weight is 626 g/mol. The third-order valence-electron chi connectivity index (χ3n) is 10.6. The summed E-state index contributed by atoms with van der Waals surface area (Å²) in [6.07, 6.45) is 0.835. The van der Waals surface area contributed by atoms with E-state index < -0.39 is 0 Å². The third-order valence-corrected chi connectivity index (χ3v) is 11.7. The molecular formula is C43H36BNOS. The summed E-state index contributed by atoms with van der Waals surface area (Å²) < 4.78 is 6.70. The first-order chi connectivity index (χ1) is 22.8. The Bertz CT molecular complexity index is 2270. The van der Waals surface area contributed by atoms with Gasteiger partial charge in [0.2, 0.25) is 6.71 Å². The number of nitrogens with zero attached hydrogens (tertiary/aromatic N) is 1. The van der Waals surface area contributed by atoms with Crippen molar-refractivity contribution in [2.75, 3.05) is 4.90 Å². The van der Waals surface area contributed by atoms with Crippen molar-refractivity contribution >= 4 is 46.5 Å². The van der Waals surface area contributed by atoms with E-state index in [-0.39, 0.29) is 12.1 Å². The van der Waals surface area contributed by atoms with Gasteiger partial charge in [-0.25, -0.2) is 0 Å². The zero-order valence-corrected chi connectivity index (χ0v) is 28.3. The van der Waals surface area contributed by atoms with Gasteiger partial charge < -0.3 is 9.64 Å². The van der Waals surface area contributed by atoms with Gasteiger partial charge >= 0.3 is 0 Å². The molecule has 0 N–H and O–H groups in total. The lowest BCUT2D eigenvalue weighted by Crippen LogP contribution is -2.49. The molecule has 0 saturated heterocycles. The third kappa shape index (κ3) is 4.27. The van der Waals surface area contributed by atoms with Crippen molar-refractivity contribution in [2.24, 2.45) is 0 Å². The largest absolute Gasteiger partial charge is 0.457 e. The quantitative estimate of drug-likeness (QED) is 0.181. The summed E-state index contributed by atoms with van der Waals surface area (Å²) in [5.74, 6) is 1.92. The fraction of sp³-hybridized carbons (Fsp3) is 0.163. The smallest absolute Gasteiger partial charge is 0.212 e. The minimum Gasteiger partial charge on any atom is -0.457 e. The van der Waals surface area contributed by atoms with E-state index in [1.807, 2.05) is 11.8 Å². The highest BCUT2D eigenvalue weighted by molar-refractivity contribution is 7.99. The minimum absolute atomic E-state index is 0.208. The van der Waals surface area contributed by atoms with Gasteiger partial charge in [0, 0.05) is 32.0 Å². The predicted octanol–water partition coefficient (Wildman–Crippen LogP) is 10.5. The van der Waals surface area contributed by atoms with Crippen LogP contribution in [0.5, 0.6) is 11.5 Å². The topological polar surface area (TPSA) is 12.5 Å². The Balaban J connectivity index is 1.33. The van der Waals surface area contributed by atoms with Crippen LogP contribution in [0.3, 0.4) is 0 Å². The number of hydrogen-bond acceptors (Lipinski definition) is 3. The van der Waals surface area contributed by atoms with E-state index in [1.165, 1.54) is 82.3 Å². The van der Waals surface area contributed by atoms with Gasteiger partial charge in [-0.2, -0.15) is 0 Å². The molecule has 3 heterocycles. The van der Waals surface area contributed by atoms with E-state index in [2.05, 4.69) is 155 Å². The summed E-state index contributed by atoms with van der Waals surface area (Å²) in [7, 11) is 0. The summed E-state index contributed by atoms with van der Waals surface area (Å²) >= 11 is 1.89. The Morgan fingerprint density at radius 3 is 2.32 bits per heavy atom. The Morgan fingerprint density at radius 2 is 1.45 bits per heavy atom. The number of rotatable bonds is 3. The maximum Gasteiger partial charge on any atom is 0.212 e. The molecule has 0 amide bonds. The summed E-state index contributed by atoms with van der Waals surface area (Å²) in [6, 6.07) is 42.7. The first-order valence-corrected chi connectivity index (χ1v) is 17.5. The van der Waals surface area contributed by atoms with Crippen LogP contribution >= 0.6 is 11.8 Å². The number of aryl methyl sites for hydroxylation is 2. The first kappa shape index (κ1) is 28.5. The number of benzene rings is 6. The highest BCUT2D eigenvalue weighted by Gasteiger charge is 2.39. The molecule has 3 aliphatic rings. The van der Waals surface area contributed by atoms with E-state index in [0.717, 1.165) is 17.9 Å². The highest BCUT2D eigenvalue weighted by Crippen LogP contribution is 2.53. The van der Waals surface area contributed by atoms with E-state index in [4.69, 9.17) is 4.74 Å². The molecule has 3 aliphatic heterocycles. The van der Waals surface area contributed by atoms with Gasteiger partial charge in [0.25, 0.3) is 0 Å². The Morgan fingerprint density at radius 1 is 0.681 bits per heavy atom. The molecule has 0 fully saturated rings. The van der Waals surface area contributed by atoms with Crippen molar-refractivity contribution in [3.63, 3.8) is 0 Å². The molecule has 0 bridgehead atoms. The van der Waals surface area contributed by atoms with Crippen molar-refractivity contribution in [3.8, 4) is 22.6 Å². The van der Waals surface area contributed by atoms with Crippen LogP contribution in [0.2, 0.25) is 6.82 Å². The molecule has 0 spiro atoms. The summed E-state index contributed by atoms with van der Waals surface area (Å²) in [4.78, 5) is 5.17. The predicted molar refractivity (Wildman–Crippen MR) is 199 cm³/mol. The summed E-state index contributed by atoms with van der Waals surface area (Å²) in [6.45, 7) is 11.8. The fourth-order valence-corrected chi connectivity index (χ4v) is 9.27. The van der Waals surface area contributed by atoms with E-state index in [1.54, 1.807) is 0 Å². The normalized spacial score (nSPS) is 14.7. The van der Waals surface area contributed by atoms with Crippen LogP contribution in [0.15, 0.2) is 125 Å². The molecule has 2 nitrogen and oxygen atoms in total. The number of para-hydroxylation sites is 3. The maximum atomic E-state index is 6.70. The van der Waals surface area contributed by atoms with Crippen LogP contribution in [0.4, 0.5) is 17.1 Å². The van der Waals surface area contributed by atoms with Crippen LogP contribution in [0.1, 0.15) is 47.2 Å². The number of hydrogen-bond donors (Lipinski definition) is 0. The van der Waals surface area contributed by atoms with Crippen molar-refractivity contribution in [3.05, 3.63) is 149 Å². The molecule has 0 unspecified atom stereocenters. The molecule has 0 saturated carbocycles. The molecule has 6 aromatic rings. The molecule has 4 heteroatoms. The molecule has 47 heavy (non-hydrogen) atoms. The lowest BCUT2D eigenvalue weighted by Gasteiger charge is -2.42. The van der Waals surface area contributed by atoms with Crippen molar-refractivity contribution in [1.29, 1.82) is 0 Å². The zero-order chi connectivity index (χ0) is 32.0. The summed E-state index contributed by atoms with van der Waals surface area (Å²) in [5.41, 5.74) is 16.8. The zero-order valence-electron chi connectivity index (χ0n) is 27.5. The van der Waals surface area contributed by atoms with Crippen molar-refractivity contribution in [1.82, 2.24) is 0 Å². The van der Waals surface area contributed by atoms with Gasteiger partial charge in [-0.05, 0) is 107 Å². The number of anilines is 3. The van der Waals surface area contributed by atoms with E-state index in [9.17, 15) is 0 Å². The first-order valence-electron chi connectivity index (χ1n) is 16.6. The molecule has 0 atom stereocenters. The van der Waals surface area contributed by atoms with Gasteiger partial charge in [0.15, 0.2) is 0 Å². The van der Waals surface area contributed by atoms with Crippen LogP contribution in [0.25, 0.3) is 11.1 Å². The van der Waals surface area contributed by atoms with Gasteiger partial charge in [-0.3, -0.25) is 0 Å². The van der Waals surface area contributed by atoms with Gasteiger partial charge in [0.05, 0.1) is 11.4 Å². The number of fused-ring (bicyclic) bond motifs is 6. The monoisotopic (exact) mass is 625 g/mol. The molecule has 0 aliphatic carbocycles. The van der Waals surface area contributed by atoms with E-state index in [0.29, 0.717) is 0 Å². The van der Waals surface area contributed by atoms with E-state index >= 15 is 0 Å². The molecule has 9 rings (SSSR count). The average Bonchev–Trinajstić information content (AvgIpc) is 3.07. The maximum absolute atomic E-state index is 6.70. The number of ether oxygens (including phenoxy) is 1. The minimum atomic E-state index is -0.208. The molecule has 0 radical (unpaired) electrons. The molecular weight excluding hydrogens is 589 g/mol. The van der Waals surface area contributed by atoms with Crippen LogP contribution in [0, 0.1) is 13.8 Å². The van der Waals surface area contributed by atoms with Crippen LogP contribution in [-0.4, -0.2) is 6.71 Å². The fourth-order valence-electron chi connectivity index (χ4n) is 8.17. The molecule has 0 aromatic heterocycles. The van der Waals surface area contributed by atoms with Gasteiger partial charge in [0.1, 0.15) is 11.5 Å². The SMILES string of the molecule is CB1c2cccc3c2N(c2ccccc2S3)c2cc(C)cc(-c3cc4c(cc3Cc3ccccc3C)Oc3ccccc3C4(C)C)c21. The lowest BCUT2D eigenvalue weighted by atomic mass is 9.39. The highest BCUT2D eigenvalue weighted by atomic mass is 32.2. The standard InChI is InChI=1S/C43H36BNOS/c1-26-21-31(41-36(22-26)45-35-17-9-11-19-39(35)47-40-20-12-16-34(42(40)45)44(41)5)30-25-33-38(24-29(30)23-28-14-7-6-13-27(28)2)46-37-18-10-8-15-32(37)43(33,3)4/h6-22,24-25H,23H2,1-5H3. The Kier molecular flexibility index (Phi) is 6.33. The molecule has 6 aromatic carbocycles. The lowest BCUT2D eigenvalue weighted by molar-refractivity contribution is 0.417. The van der Waals surface area contributed by atoms with Gasteiger partial charge in [-0.1, -0.05) is 105 Å². The second-order valence-electron chi connectivity index (χ2n) is 13.9. The molecule has 228 valence electrons.